The zero-order chi connectivity index (χ0) is 17.4. The summed E-state index contributed by atoms with van der Waals surface area (Å²) in [5.41, 5.74) is 5.45. The van der Waals surface area contributed by atoms with Crippen LogP contribution < -0.4 is 11.1 Å². The van der Waals surface area contributed by atoms with Gasteiger partial charge in [-0.25, -0.2) is 0 Å². The lowest BCUT2D eigenvalue weighted by Gasteiger charge is -2.22. The molecule has 24 heavy (non-hydrogen) atoms. The van der Waals surface area contributed by atoms with Crippen LogP contribution in [-0.4, -0.2) is 34.6 Å². The molecule has 0 bridgehead atoms. The van der Waals surface area contributed by atoms with Crippen LogP contribution in [0.3, 0.4) is 0 Å². The third-order valence-electron chi connectivity index (χ3n) is 4.48. The van der Waals surface area contributed by atoms with Crippen LogP contribution in [0, 0.1) is 11.8 Å². The van der Waals surface area contributed by atoms with Gasteiger partial charge in [-0.1, -0.05) is 12.2 Å². The number of nitrogens with zero attached hydrogens (tertiary/aromatic N) is 1. The number of likely N-dealkylation sites (tertiary alicyclic amines) is 1. The van der Waals surface area contributed by atoms with Gasteiger partial charge in [-0.2, -0.15) is 0 Å². The first kappa shape index (κ1) is 16.4. The number of fused-ring (bicyclic) bond motifs is 1. The average Bonchev–Trinajstić information content (AvgIpc) is 3.11. The van der Waals surface area contributed by atoms with Crippen molar-refractivity contribution in [3.05, 3.63) is 29.2 Å². The molecule has 3 N–H and O–H groups in total. The fraction of sp³-hybridized carbons (Fsp3) is 0.375. The van der Waals surface area contributed by atoms with E-state index in [9.17, 15) is 19.2 Å². The van der Waals surface area contributed by atoms with E-state index >= 15 is 0 Å². The molecule has 1 aliphatic heterocycles. The zero-order valence-corrected chi connectivity index (χ0v) is 13.8. The van der Waals surface area contributed by atoms with Gasteiger partial charge in [-0.15, -0.1) is 11.3 Å². The number of nitrogens with one attached hydrogen (secondary N) is 1. The van der Waals surface area contributed by atoms with Crippen molar-refractivity contribution < 1.29 is 19.2 Å². The summed E-state index contributed by atoms with van der Waals surface area (Å²) in [7, 11) is 0. The van der Waals surface area contributed by atoms with E-state index in [0.717, 1.165) is 16.2 Å². The minimum Gasteiger partial charge on any atom is -0.366 e. The molecule has 0 unspecified atom stereocenters. The third-order valence-corrected chi connectivity index (χ3v) is 5.31. The lowest BCUT2D eigenvalue weighted by atomic mass is 9.85. The van der Waals surface area contributed by atoms with Gasteiger partial charge in [0.2, 0.25) is 17.7 Å². The van der Waals surface area contributed by atoms with Crippen LogP contribution in [-0.2, 0) is 14.4 Å². The highest BCUT2D eigenvalue weighted by molar-refractivity contribution is 7.14. The number of imide groups is 1. The first-order chi connectivity index (χ1) is 11.4. The van der Waals surface area contributed by atoms with Crippen LogP contribution in [0.4, 0.5) is 5.00 Å². The number of primary amides is 1. The highest BCUT2D eigenvalue weighted by Crippen LogP contribution is 2.36. The molecule has 2 heterocycles. The van der Waals surface area contributed by atoms with Crippen molar-refractivity contribution in [2.75, 3.05) is 5.32 Å². The highest BCUT2D eigenvalue weighted by atomic mass is 32.1. The van der Waals surface area contributed by atoms with E-state index in [1.165, 1.54) is 13.0 Å². The standard InChI is InChI=1S/C16H17N3O4S/c1-8(13(21)18-14-11(12(17)20)6-7-24-14)19-15(22)9-4-2-3-5-10(9)16(19)23/h2-3,6-10H,4-5H2,1H3,(H2,17,20)(H,18,21)/t8-,9+,10+/m0/s1. The summed E-state index contributed by atoms with van der Waals surface area (Å²) in [6, 6.07) is 0.568. The number of rotatable bonds is 4. The fourth-order valence-corrected chi connectivity index (χ4v) is 3.94. The van der Waals surface area contributed by atoms with E-state index in [2.05, 4.69) is 5.32 Å². The molecular formula is C16H17N3O4S. The van der Waals surface area contributed by atoms with Crippen molar-refractivity contribution in [2.24, 2.45) is 17.6 Å². The first-order valence-electron chi connectivity index (χ1n) is 7.62. The summed E-state index contributed by atoms with van der Waals surface area (Å²) in [6.07, 6.45) is 4.84. The van der Waals surface area contributed by atoms with Gasteiger partial charge in [0.05, 0.1) is 17.4 Å². The summed E-state index contributed by atoms with van der Waals surface area (Å²) in [5, 5.41) is 4.54. The van der Waals surface area contributed by atoms with Crippen molar-refractivity contribution in [3.8, 4) is 0 Å². The molecule has 1 saturated heterocycles. The lowest BCUT2D eigenvalue weighted by molar-refractivity contribution is -0.146. The van der Waals surface area contributed by atoms with E-state index in [-0.39, 0.29) is 29.2 Å². The van der Waals surface area contributed by atoms with Gasteiger partial charge in [-0.05, 0) is 31.2 Å². The number of amides is 4. The van der Waals surface area contributed by atoms with E-state index in [1.807, 2.05) is 12.2 Å². The monoisotopic (exact) mass is 347 g/mol. The predicted octanol–water partition coefficient (Wildman–Crippen LogP) is 1.13. The molecule has 0 aromatic carbocycles. The quantitative estimate of drug-likeness (QED) is 0.628. The number of hydrogen-bond donors (Lipinski definition) is 2. The second-order valence-electron chi connectivity index (χ2n) is 5.90. The maximum Gasteiger partial charge on any atom is 0.251 e. The molecule has 0 saturated carbocycles. The molecule has 1 aliphatic carbocycles. The van der Waals surface area contributed by atoms with Crippen LogP contribution in [0.15, 0.2) is 23.6 Å². The molecule has 1 aromatic heterocycles. The van der Waals surface area contributed by atoms with Crippen LogP contribution in [0.1, 0.15) is 30.1 Å². The minimum atomic E-state index is -0.946. The molecular weight excluding hydrogens is 330 g/mol. The summed E-state index contributed by atoms with van der Waals surface area (Å²) in [4.78, 5) is 49.8. The minimum absolute atomic E-state index is 0.206. The molecule has 0 radical (unpaired) electrons. The van der Waals surface area contributed by atoms with Crippen molar-refractivity contribution in [1.29, 1.82) is 0 Å². The number of thiophene rings is 1. The van der Waals surface area contributed by atoms with Gasteiger partial charge in [0, 0.05) is 0 Å². The molecule has 7 nitrogen and oxygen atoms in total. The topological polar surface area (TPSA) is 110 Å². The lowest BCUT2D eigenvalue weighted by Crippen LogP contribution is -2.46. The Morgan fingerprint density at radius 1 is 1.25 bits per heavy atom. The number of nitrogens with two attached hydrogens (primary N) is 1. The Bertz CT molecular complexity index is 728. The molecule has 3 atom stereocenters. The Hall–Kier alpha value is -2.48. The Morgan fingerprint density at radius 3 is 2.38 bits per heavy atom. The maximum absolute atomic E-state index is 12.5. The van der Waals surface area contributed by atoms with Crippen LogP contribution >= 0.6 is 11.3 Å². The maximum atomic E-state index is 12.5. The van der Waals surface area contributed by atoms with Crippen LogP contribution in [0.2, 0.25) is 0 Å². The van der Waals surface area contributed by atoms with Crippen LogP contribution in [0.5, 0.6) is 0 Å². The molecule has 3 rings (SSSR count). The second kappa shape index (κ2) is 6.20. The van der Waals surface area contributed by atoms with Crippen molar-refractivity contribution in [1.82, 2.24) is 4.90 Å². The molecule has 2 aliphatic rings. The normalized spacial score (nSPS) is 24.0. The number of allylic oxidation sites excluding steroid dienone is 2. The molecule has 1 aromatic rings. The van der Waals surface area contributed by atoms with E-state index < -0.39 is 17.9 Å². The first-order valence-corrected chi connectivity index (χ1v) is 8.50. The Labute approximate surface area is 142 Å². The third kappa shape index (κ3) is 2.62. The summed E-state index contributed by atoms with van der Waals surface area (Å²) >= 11 is 1.16. The van der Waals surface area contributed by atoms with E-state index in [0.29, 0.717) is 17.8 Å². The van der Waals surface area contributed by atoms with E-state index in [4.69, 9.17) is 5.73 Å². The van der Waals surface area contributed by atoms with Gasteiger partial charge in [0.15, 0.2) is 0 Å². The predicted molar refractivity (Wildman–Crippen MR) is 88.1 cm³/mol. The smallest absolute Gasteiger partial charge is 0.251 e. The summed E-state index contributed by atoms with van der Waals surface area (Å²) in [5.74, 6) is -2.53. The largest absolute Gasteiger partial charge is 0.366 e. The molecule has 0 spiro atoms. The molecule has 1 fully saturated rings. The average molecular weight is 347 g/mol. The van der Waals surface area contributed by atoms with Crippen molar-refractivity contribution >= 4 is 40.0 Å². The van der Waals surface area contributed by atoms with Crippen molar-refractivity contribution in [3.63, 3.8) is 0 Å². The molecule has 8 heteroatoms. The zero-order valence-electron chi connectivity index (χ0n) is 13.0. The number of anilines is 1. The molecule has 4 amide bonds. The van der Waals surface area contributed by atoms with Gasteiger partial charge in [-0.3, -0.25) is 24.1 Å². The Morgan fingerprint density at radius 2 is 1.83 bits per heavy atom. The van der Waals surface area contributed by atoms with Crippen molar-refractivity contribution in [2.45, 2.75) is 25.8 Å². The van der Waals surface area contributed by atoms with Gasteiger partial charge in [0.25, 0.3) is 5.91 Å². The van der Waals surface area contributed by atoms with Gasteiger partial charge < -0.3 is 11.1 Å². The van der Waals surface area contributed by atoms with Crippen LogP contribution in [0.25, 0.3) is 0 Å². The van der Waals surface area contributed by atoms with Gasteiger partial charge >= 0.3 is 0 Å². The molecule has 126 valence electrons. The Balaban J connectivity index is 1.76. The number of hydrogen-bond acceptors (Lipinski definition) is 5. The summed E-state index contributed by atoms with van der Waals surface area (Å²) < 4.78 is 0. The number of carbonyl (C=O) groups is 4. The van der Waals surface area contributed by atoms with E-state index in [1.54, 1.807) is 5.38 Å². The van der Waals surface area contributed by atoms with Gasteiger partial charge in [0.1, 0.15) is 11.0 Å². The SMILES string of the molecule is C[C@@H](C(=O)Nc1sccc1C(N)=O)N1C(=O)[C@@H]2CC=CC[C@H]2C1=O. The fourth-order valence-electron chi connectivity index (χ4n) is 3.14. The Kier molecular flexibility index (Phi) is 4.23. The summed E-state index contributed by atoms with van der Waals surface area (Å²) in [6.45, 7) is 1.51. The number of carbonyl (C=O) groups excluding carboxylic acids is 4. The highest BCUT2D eigenvalue weighted by Gasteiger charge is 2.50. The second-order valence-corrected chi connectivity index (χ2v) is 6.81.